The van der Waals surface area contributed by atoms with Gasteiger partial charge in [0.05, 0.1) is 18.6 Å². The Balaban J connectivity index is 1.68. The van der Waals surface area contributed by atoms with Crippen LogP contribution in [0.3, 0.4) is 0 Å². The predicted octanol–water partition coefficient (Wildman–Crippen LogP) is 4.43. The Morgan fingerprint density at radius 1 is 1.13 bits per heavy atom. The van der Waals surface area contributed by atoms with Gasteiger partial charge < -0.3 is 14.6 Å². The van der Waals surface area contributed by atoms with Gasteiger partial charge in [-0.3, -0.25) is 9.69 Å². The van der Waals surface area contributed by atoms with Crippen molar-refractivity contribution in [1.29, 1.82) is 0 Å². The Morgan fingerprint density at radius 3 is 2.30 bits per heavy atom. The molecule has 0 bridgehead atoms. The first kappa shape index (κ1) is 22.0. The standard InChI is InChI=1S/C22H24F3NO4/c1-13-6-16(9-26-10-17(11-26)21(27)28)7-14(2)20(13)30-12-15-4-5-19(29-3)18(8-15)22(23,24)25/h4-8,17H,9-12H2,1-3H3,(H,27,28). The van der Waals surface area contributed by atoms with E-state index in [1.165, 1.54) is 13.2 Å². The van der Waals surface area contributed by atoms with Crippen molar-refractivity contribution in [2.75, 3.05) is 20.2 Å². The van der Waals surface area contributed by atoms with Crippen molar-refractivity contribution in [3.8, 4) is 11.5 Å². The maximum atomic E-state index is 13.2. The number of carboxylic acids is 1. The van der Waals surface area contributed by atoms with E-state index in [1.54, 1.807) is 6.07 Å². The highest BCUT2D eigenvalue weighted by Crippen LogP contribution is 2.37. The molecule has 1 aliphatic heterocycles. The minimum Gasteiger partial charge on any atom is -0.496 e. The van der Waals surface area contributed by atoms with Crippen molar-refractivity contribution in [2.45, 2.75) is 33.2 Å². The summed E-state index contributed by atoms with van der Waals surface area (Å²) in [6, 6.07) is 7.81. The second-order valence-electron chi connectivity index (χ2n) is 7.61. The lowest BCUT2D eigenvalue weighted by molar-refractivity contribution is -0.147. The van der Waals surface area contributed by atoms with E-state index in [-0.39, 0.29) is 18.3 Å². The van der Waals surface area contributed by atoms with E-state index in [0.29, 0.717) is 30.9 Å². The van der Waals surface area contributed by atoms with E-state index in [1.807, 2.05) is 26.0 Å². The number of likely N-dealkylation sites (tertiary alicyclic amines) is 1. The van der Waals surface area contributed by atoms with Crippen LogP contribution < -0.4 is 9.47 Å². The molecule has 0 unspecified atom stereocenters. The van der Waals surface area contributed by atoms with Crippen molar-refractivity contribution in [2.24, 2.45) is 5.92 Å². The number of alkyl halides is 3. The maximum absolute atomic E-state index is 13.2. The number of hydrogen-bond donors (Lipinski definition) is 1. The van der Waals surface area contributed by atoms with Crippen LogP contribution in [0.15, 0.2) is 30.3 Å². The van der Waals surface area contributed by atoms with Gasteiger partial charge in [0.15, 0.2) is 0 Å². The first-order valence-electron chi connectivity index (χ1n) is 9.50. The molecule has 1 aliphatic rings. The number of carbonyl (C=O) groups is 1. The summed E-state index contributed by atoms with van der Waals surface area (Å²) in [6.45, 7) is 5.49. The average Bonchev–Trinajstić information content (AvgIpc) is 2.62. The molecule has 0 spiro atoms. The zero-order chi connectivity index (χ0) is 22.1. The summed E-state index contributed by atoms with van der Waals surface area (Å²) in [7, 11) is 1.21. The van der Waals surface area contributed by atoms with Gasteiger partial charge in [0.25, 0.3) is 0 Å². The van der Waals surface area contributed by atoms with Crippen molar-refractivity contribution in [3.63, 3.8) is 0 Å². The van der Waals surface area contributed by atoms with Crippen LogP contribution in [0.2, 0.25) is 0 Å². The summed E-state index contributed by atoms with van der Waals surface area (Å²) < 4.78 is 50.3. The summed E-state index contributed by atoms with van der Waals surface area (Å²) >= 11 is 0. The number of benzene rings is 2. The fourth-order valence-corrected chi connectivity index (χ4v) is 3.69. The van der Waals surface area contributed by atoms with Crippen LogP contribution >= 0.6 is 0 Å². The first-order valence-corrected chi connectivity index (χ1v) is 9.50. The third-order valence-corrected chi connectivity index (χ3v) is 5.19. The average molecular weight is 423 g/mol. The van der Waals surface area contributed by atoms with Crippen molar-refractivity contribution >= 4 is 5.97 Å². The molecule has 3 rings (SSSR count). The van der Waals surface area contributed by atoms with Crippen LogP contribution in [0.1, 0.15) is 27.8 Å². The molecule has 5 nitrogen and oxygen atoms in total. The quantitative estimate of drug-likeness (QED) is 0.714. The second-order valence-corrected chi connectivity index (χ2v) is 7.61. The molecule has 8 heteroatoms. The number of carboxylic acid groups (broad SMARTS) is 1. The third kappa shape index (κ3) is 4.87. The Hall–Kier alpha value is -2.74. The molecular weight excluding hydrogens is 399 g/mol. The van der Waals surface area contributed by atoms with Gasteiger partial charge in [0, 0.05) is 19.6 Å². The monoisotopic (exact) mass is 423 g/mol. The number of rotatable bonds is 7. The highest BCUT2D eigenvalue weighted by molar-refractivity contribution is 5.71. The van der Waals surface area contributed by atoms with Crippen molar-refractivity contribution < 1.29 is 32.5 Å². The molecule has 2 aromatic rings. The van der Waals surface area contributed by atoms with Crippen LogP contribution in [-0.2, 0) is 24.1 Å². The summed E-state index contributed by atoms with van der Waals surface area (Å²) in [5.74, 6) is -0.662. The van der Waals surface area contributed by atoms with Crippen LogP contribution in [0.25, 0.3) is 0 Å². The molecule has 1 heterocycles. The lowest BCUT2D eigenvalue weighted by atomic mass is 9.98. The van der Waals surface area contributed by atoms with Gasteiger partial charge in [-0.15, -0.1) is 0 Å². The topological polar surface area (TPSA) is 59.0 Å². The molecule has 0 radical (unpaired) electrons. The molecule has 2 aromatic carbocycles. The van der Waals surface area contributed by atoms with Crippen LogP contribution in [0.5, 0.6) is 11.5 Å². The minimum atomic E-state index is -4.51. The smallest absolute Gasteiger partial charge is 0.419 e. The van der Waals surface area contributed by atoms with E-state index in [4.69, 9.17) is 14.6 Å². The Bertz CT molecular complexity index is 913. The Morgan fingerprint density at radius 2 is 1.77 bits per heavy atom. The zero-order valence-electron chi connectivity index (χ0n) is 17.0. The normalized spacial score (nSPS) is 15.0. The Kier molecular flexibility index (Phi) is 6.26. The molecule has 0 aliphatic carbocycles. The molecule has 0 aromatic heterocycles. The van der Waals surface area contributed by atoms with Gasteiger partial charge in [0.1, 0.15) is 18.1 Å². The van der Waals surface area contributed by atoms with Gasteiger partial charge in [-0.1, -0.05) is 18.2 Å². The molecule has 30 heavy (non-hydrogen) atoms. The predicted molar refractivity (Wildman–Crippen MR) is 105 cm³/mol. The van der Waals surface area contributed by atoms with E-state index in [9.17, 15) is 18.0 Å². The van der Waals surface area contributed by atoms with Crippen LogP contribution in [0, 0.1) is 19.8 Å². The second kappa shape index (κ2) is 8.55. The molecule has 0 amide bonds. The van der Waals surface area contributed by atoms with Crippen molar-refractivity contribution in [1.82, 2.24) is 4.90 Å². The number of aryl methyl sites for hydroxylation is 2. The van der Waals surface area contributed by atoms with E-state index in [0.717, 1.165) is 22.8 Å². The van der Waals surface area contributed by atoms with Crippen LogP contribution in [0.4, 0.5) is 13.2 Å². The number of ether oxygens (including phenoxy) is 2. The molecule has 0 saturated carbocycles. The third-order valence-electron chi connectivity index (χ3n) is 5.19. The lowest BCUT2D eigenvalue weighted by Crippen LogP contribution is -2.49. The highest BCUT2D eigenvalue weighted by Gasteiger charge is 2.34. The van der Waals surface area contributed by atoms with Gasteiger partial charge in [-0.05, 0) is 48.2 Å². The van der Waals surface area contributed by atoms with Gasteiger partial charge >= 0.3 is 12.1 Å². The first-order chi connectivity index (χ1) is 14.1. The van der Waals surface area contributed by atoms with Crippen molar-refractivity contribution in [3.05, 3.63) is 58.1 Å². The zero-order valence-corrected chi connectivity index (χ0v) is 17.0. The molecule has 1 fully saturated rings. The van der Waals surface area contributed by atoms with Gasteiger partial charge in [0.2, 0.25) is 0 Å². The highest BCUT2D eigenvalue weighted by atomic mass is 19.4. The van der Waals surface area contributed by atoms with E-state index in [2.05, 4.69) is 4.90 Å². The molecule has 0 atom stereocenters. The maximum Gasteiger partial charge on any atom is 0.419 e. The molecule has 162 valence electrons. The molecule has 1 saturated heterocycles. The Labute approximate surface area is 173 Å². The molecular formula is C22H24F3NO4. The largest absolute Gasteiger partial charge is 0.496 e. The number of nitrogens with zero attached hydrogens (tertiary/aromatic N) is 1. The van der Waals surface area contributed by atoms with E-state index < -0.39 is 17.7 Å². The van der Waals surface area contributed by atoms with Gasteiger partial charge in [-0.25, -0.2) is 0 Å². The summed E-state index contributed by atoms with van der Waals surface area (Å²) in [4.78, 5) is 13.0. The fourth-order valence-electron chi connectivity index (χ4n) is 3.69. The number of methoxy groups -OCH3 is 1. The summed E-state index contributed by atoms with van der Waals surface area (Å²) in [6.07, 6.45) is -4.51. The fraction of sp³-hybridized carbons (Fsp3) is 0.409. The minimum absolute atomic E-state index is 0.000513. The number of hydrogen-bond acceptors (Lipinski definition) is 4. The van der Waals surface area contributed by atoms with Gasteiger partial charge in [-0.2, -0.15) is 13.2 Å². The number of halogens is 3. The lowest BCUT2D eigenvalue weighted by Gasteiger charge is -2.36. The molecule has 1 N–H and O–H groups in total. The SMILES string of the molecule is COc1ccc(COc2c(C)cc(CN3CC(C(=O)O)C3)cc2C)cc1C(F)(F)F. The summed E-state index contributed by atoms with van der Waals surface area (Å²) in [5, 5.41) is 8.97. The number of aliphatic carboxylic acids is 1. The summed E-state index contributed by atoms with van der Waals surface area (Å²) in [5.41, 5.74) is 2.37. The van der Waals surface area contributed by atoms with E-state index >= 15 is 0 Å². The van der Waals surface area contributed by atoms with Crippen LogP contribution in [-0.4, -0.2) is 36.2 Å².